The average Bonchev–Trinajstić information content (AvgIpc) is 2.54. The molecule has 130 valence electrons. The normalized spacial score (nSPS) is 11.7. The number of rotatable bonds is 8. The van der Waals surface area contributed by atoms with Crippen molar-refractivity contribution in [2.45, 2.75) is 26.2 Å². The third-order valence-electron chi connectivity index (χ3n) is 3.67. The van der Waals surface area contributed by atoms with Crippen LogP contribution in [-0.4, -0.2) is 27.8 Å². The fourth-order valence-corrected chi connectivity index (χ4v) is 2.88. The van der Waals surface area contributed by atoms with Gasteiger partial charge in [0, 0.05) is 6.54 Å². The van der Waals surface area contributed by atoms with Crippen LogP contribution in [0.3, 0.4) is 0 Å². The Bertz CT molecular complexity index is 770. The first-order valence-electron chi connectivity index (χ1n) is 8.13. The number of hydrogen-bond donors (Lipinski definition) is 1. The number of benzene rings is 2. The van der Waals surface area contributed by atoms with Crippen LogP contribution in [0.25, 0.3) is 11.1 Å². The Balaban J connectivity index is 1.98. The van der Waals surface area contributed by atoms with Crippen LogP contribution in [0.2, 0.25) is 0 Å². The Morgan fingerprint density at radius 2 is 1.71 bits per heavy atom. The SMILES string of the molecule is CC(C)c1cccc(-c2cccc(OCCCNS(C)(=O)=O)c2)c1. The molecular formula is C19H25NO3S. The third-order valence-corrected chi connectivity index (χ3v) is 4.40. The quantitative estimate of drug-likeness (QED) is 0.739. The molecule has 0 spiro atoms. The minimum atomic E-state index is -3.13. The smallest absolute Gasteiger partial charge is 0.208 e. The molecule has 0 aliphatic heterocycles. The molecule has 2 aromatic rings. The van der Waals surface area contributed by atoms with Crippen molar-refractivity contribution in [2.24, 2.45) is 0 Å². The summed E-state index contributed by atoms with van der Waals surface area (Å²) in [5.41, 5.74) is 3.60. The van der Waals surface area contributed by atoms with Crippen molar-refractivity contribution in [3.8, 4) is 16.9 Å². The lowest BCUT2D eigenvalue weighted by molar-refractivity contribution is 0.311. The van der Waals surface area contributed by atoms with E-state index in [4.69, 9.17) is 4.74 Å². The van der Waals surface area contributed by atoms with E-state index in [1.54, 1.807) is 0 Å². The molecule has 0 atom stereocenters. The Morgan fingerprint density at radius 3 is 2.38 bits per heavy atom. The monoisotopic (exact) mass is 347 g/mol. The summed E-state index contributed by atoms with van der Waals surface area (Å²) in [5, 5.41) is 0. The maximum absolute atomic E-state index is 11.0. The van der Waals surface area contributed by atoms with E-state index < -0.39 is 10.0 Å². The van der Waals surface area contributed by atoms with Gasteiger partial charge in [-0.15, -0.1) is 0 Å². The molecule has 2 rings (SSSR count). The molecular weight excluding hydrogens is 322 g/mol. The first-order chi connectivity index (χ1) is 11.3. The van der Waals surface area contributed by atoms with Crippen LogP contribution < -0.4 is 9.46 Å². The minimum absolute atomic E-state index is 0.384. The fraction of sp³-hybridized carbons (Fsp3) is 0.368. The molecule has 0 amide bonds. The van der Waals surface area contributed by atoms with Gasteiger partial charge in [-0.2, -0.15) is 0 Å². The van der Waals surface area contributed by atoms with Gasteiger partial charge in [0.1, 0.15) is 5.75 Å². The molecule has 0 aliphatic rings. The molecule has 0 unspecified atom stereocenters. The molecule has 5 heteroatoms. The maximum Gasteiger partial charge on any atom is 0.208 e. The molecule has 0 radical (unpaired) electrons. The summed E-state index contributed by atoms with van der Waals surface area (Å²) in [6, 6.07) is 16.5. The average molecular weight is 347 g/mol. The van der Waals surface area contributed by atoms with Crippen molar-refractivity contribution in [1.29, 1.82) is 0 Å². The first-order valence-corrected chi connectivity index (χ1v) is 10.0. The van der Waals surface area contributed by atoms with Gasteiger partial charge in [0.25, 0.3) is 0 Å². The van der Waals surface area contributed by atoms with E-state index in [-0.39, 0.29) is 0 Å². The molecule has 4 nitrogen and oxygen atoms in total. The summed E-state index contributed by atoms with van der Waals surface area (Å²) in [5.74, 6) is 1.29. The van der Waals surface area contributed by atoms with Gasteiger partial charge in [0.2, 0.25) is 10.0 Å². The predicted octanol–water partition coefficient (Wildman–Crippen LogP) is 3.80. The number of sulfonamides is 1. The zero-order chi connectivity index (χ0) is 17.6. The van der Waals surface area contributed by atoms with E-state index >= 15 is 0 Å². The molecule has 0 saturated carbocycles. The molecule has 1 N–H and O–H groups in total. The second-order valence-corrected chi connectivity index (χ2v) is 8.01. The van der Waals surface area contributed by atoms with E-state index in [2.05, 4.69) is 48.9 Å². The number of nitrogens with one attached hydrogen (secondary N) is 1. The lowest BCUT2D eigenvalue weighted by atomic mass is 9.97. The van der Waals surface area contributed by atoms with Crippen LogP contribution in [0.4, 0.5) is 0 Å². The molecule has 2 aromatic carbocycles. The van der Waals surface area contributed by atoms with E-state index in [1.165, 1.54) is 11.1 Å². The van der Waals surface area contributed by atoms with Gasteiger partial charge >= 0.3 is 0 Å². The van der Waals surface area contributed by atoms with Crippen molar-refractivity contribution in [1.82, 2.24) is 4.72 Å². The molecule has 0 aromatic heterocycles. The van der Waals surface area contributed by atoms with Gasteiger partial charge in [-0.05, 0) is 41.2 Å². The third kappa shape index (κ3) is 5.98. The van der Waals surface area contributed by atoms with Gasteiger partial charge in [-0.3, -0.25) is 0 Å². The summed E-state index contributed by atoms with van der Waals surface area (Å²) < 4.78 is 30.2. The summed E-state index contributed by atoms with van der Waals surface area (Å²) in [6.45, 7) is 5.22. The lowest BCUT2D eigenvalue weighted by Crippen LogP contribution is -2.24. The molecule has 0 heterocycles. The highest BCUT2D eigenvalue weighted by molar-refractivity contribution is 7.88. The summed E-state index contributed by atoms with van der Waals surface area (Å²) in [6.07, 6.45) is 1.78. The highest BCUT2D eigenvalue weighted by atomic mass is 32.2. The topological polar surface area (TPSA) is 55.4 Å². The highest BCUT2D eigenvalue weighted by Gasteiger charge is 2.04. The molecule has 0 aliphatic carbocycles. The maximum atomic E-state index is 11.0. The Hall–Kier alpha value is -1.85. The van der Waals surface area contributed by atoms with E-state index in [0.29, 0.717) is 25.5 Å². The van der Waals surface area contributed by atoms with Gasteiger partial charge in [0.05, 0.1) is 12.9 Å². The van der Waals surface area contributed by atoms with Gasteiger partial charge in [-0.1, -0.05) is 50.2 Å². The van der Waals surface area contributed by atoms with Crippen LogP contribution in [0.15, 0.2) is 48.5 Å². The summed E-state index contributed by atoms with van der Waals surface area (Å²) in [4.78, 5) is 0. The van der Waals surface area contributed by atoms with Crippen LogP contribution in [-0.2, 0) is 10.0 Å². The van der Waals surface area contributed by atoms with Crippen LogP contribution in [0.5, 0.6) is 5.75 Å². The zero-order valence-electron chi connectivity index (χ0n) is 14.5. The first kappa shape index (κ1) is 18.5. The fourth-order valence-electron chi connectivity index (χ4n) is 2.36. The molecule has 0 fully saturated rings. The molecule has 0 saturated heterocycles. The van der Waals surface area contributed by atoms with Crippen molar-refractivity contribution in [3.05, 3.63) is 54.1 Å². The predicted molar refractivity (Wildman–Crippen MR) is 98.9 cm³/mol. The molecule has 0 bridgehead atoms. The van der Waals surface area contributed by atoms with Crippen LogP contribution in [0, 0.1) is 0 Å². The zero-order valence-corrected chi connectivity index (χ0v) is 15.3. The van der Waals surface area contributed by atoms with Crippen molar-refractivity contribution in [2.75, 3.05) is 19.4 Å². The van der Waals surface area contributed by atoms with Gasteiger partial charge in [0.15, 0.2) is 0 Å². The number of hydrogen-bond acceptors (Lipinski definition) is 3. The lowest BCUT2D eigenvalue weighted by Gasteiger charge is -2.11. The van der Waals surface area contributed by atoms with E-state index in [9.17, 15) is 8.42 Å². The highest BCUT2D eigenvalue weighted by Crippen LogP contribution is 2.26. The van der Waals surface area contributed by atoms with Crippen molar-refractivity contribution in [3.63, 3.8) is 0 Å². The van der Waals surface area contributed by atoms with Crippen molar-refractivity contribution < 1.29 is 13.2 Å². The van der Waals surface area contributed by atoms with Gasteiger partial charge in [-0.25, -0.2) is 13.1 Å². The second kappa shape index (κ2) is 8.31. The standard InChI is InChI=1S/C19H25NO3S/c1-15(2)16-7-4-8-17(13-16)18-9-5-10-19(14-18)23-12-6-11-20-24(3,21)22/h4-5,7-10,13-15,20H,6,11-12H2,1-3H3. The number of ether oxygens (including phenoxy) is 1. The molecule has 24 heavy (non-hydrogen) atoms. The Labute approximate surface area is 144 Å². The Kier molecular flexibility index (Phi) is 6.40. The van der Waals surface area contributed by atoms with Crippen LogP contribution >= 0.6 is 0 Å². The van der Waals surface area contributed by atoms with Crippen LogP contribution in [0.1, 0.15) is 31.7 Å². The van der Waals surface area contributed by atoms with E-state index in [1.807, 2.05) is 18.2 Å². The second-order valence-electron chi connectivity index (χ2n) is 6.18. The van der Waals surface area contributed by atoms with E-state index in [0.717, 1.165) is 17.6 Å². The largest absolute Gasteiger partial charge is 0.494 e. The minimum Gasteiger partial charge on any atom is -0.494 e. The van der Waals surface area contributed by atoms with Crippen molar-refractivity contribution >= 4 is 10.0 Å². The Morgan fingerprint density at radius 1 is 1.04 bits per heavy atom. The van der Waals surface area contributed by atoms with Gasteiger partial charge < -0.3 is 4.74 Å². The summed E-state index contributed by atoms with van der Waals surface area (Å²) in [7, 11) is -3.13. The summed E-state index contributed by atoms with van der Waals surface area (Å²) >= 11 is 0.